The minimum Gasteiger partial charge on any atom is -0.266 e. The van der Waals surface area contributed by atoms with Crippen LogP contribution in [0.5, 0.6) is 0 Å². The third-order valence-electron chi connectivity index (χ3n) is 3.33. The van der Waals surface area contributed by atoms with Gasteiger partial charge in [0.2, 0.25) is 0 Å². The maximum absolute atomic E-state index is 9.36. The largest absolute Gasteiger partial charge is 0.266 e. The Labute approximate surface area is 135 Å². The molecule has 0 aliphatic rings. The van der Waals surface area contributed by atoms with Crippen molar-refractivity contribution in [1.29, 1.82) is 5.26 Å². The lowest BCUT2D eigenvalue weighted by Gasteiger charge is -2.10. The van der Waals surface area contributed by atoms with Crippen LogP contribution in [0.25, 0.3) is 10.4 Å². The van der Waals surface area contributed by atoms with E-state index in [0.717, 1.165) is 16.8 Å². The Hall–Kier alpha value is -3.09. The molecule has 2 rings (SSSR count). The summed E-state index contributed by atoms with van der Waals surface area (Å²) < 4.78 is 0. The van der Waals surface area contributed by atoms with Crippen molar-refractivity contribution >= 4 is 5.71 Å². The fourth-order valence-corrected chi connectivity index (χ4v) is 2.22. The highest BCUT2D eigenvalue weighted by Crippen LogP contribution is 2.14. The van der Waals surface area contributed by atoms with E-state index in [1.165, 1.54) is 0 Å². The van der Waals surface area contributed by atoms with Gasteiger partial charge in [-0.25, -0.2) is 0 Å². The maximum atomic E-state index is 9.36. The van der Waals surface area contributed by atoms with Crippen molar-refractivity contribution in [2.24, 2.45) is 10.1 Å². The maximum Gasteiger partial charge on any atom is 0.137 e. The second-order valence-corrected chi connectivity index (χ2v) is 4.95. The number of azide groups is 1. The lowest BCUT2D eigenvalue weighted by molar-refractivity contribution is 0.683. The molecule has 0 aliphatic heterocycles. The van der Waals surface area contributed by atoms with Gasteiger partial charge in [0.1, 0.15) is 6.04 Å². The SMILES string of the molecule is N#CC(CCCN=[N+]=[N-])N=C(c1ccccc1)c1ccccc1. The van der Waals surface area contributed by atoms with Gasteiger partial charge >= 0.3 is 0 Å². The zero-order valence-corrected chi connectivity index (χ0v) is 12.7. The molecule has 0 saturated carbocycles. The Kier molecular flexibility index (Phi) is 6.40. The van der Waals surface area contributed by atoms with Crippen LogP contribution >= 0.6 is 0 Å². The summed E-state index contributed by atoms with van der Waals surface area (Å²) in [4.78, 5) is 7.37. The zero-order valence-electron chi connectivity index (χ0n) is 12.7. The first-order valence-electron chi connectivity index (χ1n) is 7.44. The average molecular weight is 303 g/mol. The van der Waals surface area contributed by atoms with E-state index in [1.807, 2.05) is 60.7 Å². The molecular weight excluding hydrogens is 286 g/mol. The smallest absolute Gasteiger partial charge is 0.137 e. The van der Waals surface area contributed by atoms with E-state index < -0.39 is 6.04 Å². The molecule has 0 aromatic heterocycles. The van der Waals surface area contributed by atoms with Crippen molar-refractivity contribution in [2.45, 2.75) is 18.9 Å². The summed E-state index contributed by atoms with van der Waals surface area (Å²) in [6.07, 6.45) is 1.21. The van der Waals surface area contributed by atoms with Crippen LogP contribution in [-0.2, 0) is 0 Å². The van der Waals surface area contributed by atoms with Gasteiger partial charge in [-0.05, 0) is 18.4 Å². The highest BCUT2D eigenvalue weighted by atomic mass is 15.1. The minimum absolute atomic E-state index is 0.385. The van der Waals surface area contributed by atoms with E-state index in [1.54, 1.807) is 0 Å². The molecule has 1 unspecified atom stereocenters. The normalized spacial score (nSPS) is 10.9. The van der Waals surface area contributed by atoms with Gasteiger partial charge < -0.3 is 0 Å². The third-order valence-corrected chi connectivity index (χ3v) is 3.33. The summed E-state index contributed by atoms with van der Waals surface area (Å²) in [5.74, 6) is 0. The Morgan fingerprint density at radius 1 is 1.04 bits per heavy atom. The van der Waals surface area contributed by atoms with Crippen LogP contribution in [0.3, 0.4) is 0 Å². The van der Waals surface area contributed by atoms with E-state index >= 15 is 0 Å². The van der Waals surface area contributed by atoms with Crippen LogP contribution in [0.15, 0.2) is 70.8 Å². The van der Waals surface area contributed by atoms with Crippen molar-refractivity contribution in [3.63, 3.8) is 0 Å². The summed E-state index contributed by atoms with van der Waals surface area (Å²) >= 11 is 0. The number of rotatable bonds is 7. The number of hydrogen-bond acceptors (Lipinski definition) is 3. The van der Waals surface area contributed by atoms with Gasteiger partial charge in [0.25, 0.3) is 0 Å². The molecule has 0 bridgehead atoms. The Morgan fingerprint density at radius 3 is 2.09 bits per heavy atom. The molecule has 23 heavy (non-hydrogen) atoms. The van der Waals surface area contributed by atoms with Gasteiger partial charge in [0, 0.05) is 22.6 Å². The van der Waals surface area contributed by atoms with Gasteiger partial charge in [0.05, 0.1) is 11.8 Å². The fraction of sp³-hybridized carbons (Fsp3) is 0.222. The molecule has 0 fully saturated rings. The number of benzene rings is 2. The first kappa shape index (κ1) is 16.3. The highest BCUT2D eigenvalue weighted by molar-refractivity contribution is 6.13. The van der Waals surface area contributed by atoms with E-state index in [-0.39, 0.29) is 0 Å². The second kappa shape index (κ2) is 9.04. The summed E-state index contributed by atoms with van der Waals surface area (Å²) in [6, 6.07) is 21.4. The first-order valence-corrected chi connectivity index (χ1v) is 7.44. The Bertz CT molecular complexity index is 684. The number of nitrogens with zero attached hydrogens (tertiary/aromatic N) is 5. The summed E-state index contributed by atoms with van der Waals surface area (Å²) in [6.45, 7) is 0.385. The molecule has 2 aromatic rings. The van der Waals surface area contributed by atoms with Crippen LogP contribution < -0.4 is 0 Å². The zero-order chi connectivity index (χ0) is 16.3. The minimum atomic E-state index is -0.459. The summed E-state index contributed by atoms with van der Waals surface area (Å²) in [5.41, 5.74) is 11.1. The predicted octanol–water partition coefficient (Wildman–Crippen LogP) is 4.51. The monoisotopic (exact) mass is 303 g/mol. The fourth-order valence-electron chi connectivity index (χ4n) is 2.22. The van der Waals surface area contributed by atoms with Crippen LogP contribution in [0.4, 0.5) is 0 Å². The van der Waals surface area contributed by atoms with Gasteiger partial charge in [0.15, 0.2) is 0 Å². The van der Waals surface area contributed by atoms with Crippen LogP contribution in [0.2, 0.25) is 0 Å². The topological polar surface area (TPSA) is 84.9 Å². The van der Waals surface area contributed by atoms with E-state index in [2.05, 4.69) is 21.1 Å². The van der Waals surface area contributed by atoms with Crippen LogP contribution in [0.1, 0.15) is 24.0 Å². The number of hydrogen-bond donors (Lipinski definition) is 0. The predicted molar refractivity (Wildman–Crippen MR) is 91.2 cm³/mol. The lowest BCUT2D eigenvalue weighted by Crippen LogP contribution is -2.10. The van der Waals surface area contributed by atoms with Crippen molar-refractivity contribution in [3.05, 3.63) is 82.2 Å². The lowest BCUT2D eigenvalue weighted by atomic mass is 10.0. The van der Waals surface area contributed by atoms with Gasteiger partial charge in [-0.1, -0.05) is 65.8 Å². The molecule has 2 aromatic carbocycles. The molecule has 0 amide bonds. The van der Waals surface area contributed by atoms with Crippen molar-refractivity contribution in [3.8, 4) is 6.07 Å². The molecule has 0 spiro atoms. The molecule has 0 heterocycles. The standard InChI is InChI=1S/C18H17N5/c19-14-17(12-7-13-21-23-20)22-18(15-8-3-1-4-9-15)16-10-5-2-6-11-16/h1-6,8-11,17H,7,12-13H2. The second-order valence-electron chi connectivity index (χ2n) is 4.95. The molecule has 1 atom stereocenters. The molecular formula is C18H17N5. The number of aliphatic imine (C=N–C) groups is 1. The van der Waals surface area contributed by atoms with Gasteiger partial charge in [-0.2, -0.15) is 5.26 Å². The van der Waals surface area contributed by atoms with E-state index in [0.29, 0.717) is 19.4 Å². The molecule has 5 nitrogen and oxygen atoms in total. The van der Waals surface area contributed by atoms with Gasteiger partial charge in [-0.15, -0.1) is 0 Å². The molecule has 0 saturated heterocycles. The van der Waals surface area contributed by atoms with E-state index in [4.69, 9.17) is 5.53 Å². The van der Waals surface area contributed by atoms with Gasteiger partial charge in [-0.3, -0.25) is 4.99 Å². The Balaban J connectivity index is 2.29. The van der Waals surface area contributed by atoms with Crippen molar-refractivity contribution in [2.75, 3.05) is 6.54 Å². The molecule has 0 radical (unpaired) electrons. The quantitative estimate of drug-likeness (QED) is 0.243. The highest BCUT2D eigenvalue weighted by Gasteiger charge is 2.11. The van der Waals surface area contributed by atoms with Crippen LogP contribution in [-0.4, -0.2) is 18.3 Å². The third kappa shape index (κ3) is 4.99. The molecule has 0 N–H and O–H groups in total. The number of nitriles is 1. The average Bonchev–Trinajstić information content (AvgIpc) is 2.63. The molecule has 0 aliphatic carbocycles. The Morgan fingerprint density at radius 2 is 1.61 bits per heavy atom. The van der Waals surface area contributed by atoms with E-state index in [9.17, 15) is 5.26 Å². The summed E-state index contributed by atoms with van der Waals surface area (Å²) in [5, 5.41) is 12.9. The van der Waals surface area contributed by atoms with Crippen molar-refractivity contribution < 1.29 is 0 Å². The molecule has 114 valence electrons. The molecule has 5 heteroatoms. The van der Waals surface area contributed by atoms with Crippen molar-refractivity contribution in [1.82, 2.24) is 0 Å². The van der Waals surface area contributed by atoms with Crippen LogP contribution in [0, 0.1) is 11.3 Å². The summed E-state index contributed by atoms with van der Waals surface area (Å²) in [7, 11) is 0. The first-order chi connectivity index (χ1) is 11.3.